The molecule has 0 aliphatic heterocycles. The van der Waals surface area contributed by atoms with Crippen molar-refractivity contribution in [3.63, 3.8) is 0 Å². The summed E-state index contributed by atoms with van der Waals surface area (Å²) in [7, 11) is 2.02. The fourth-order valence-corrected chi connectivity index (χ4v) is 1.93. The molecule has 3 aromatic heterocycles. The predicted octanol–water partition coefficient (Wildman–Crippen LogP) is 2.57. The quantitative estimate of drug-likeness (QED) is 0.639. The van der Waals surface area contributed by atoms with E-state index in [1.54, 1.807) is 0 Å². The molecule has 1 N–H and O–H groups in total. The molecule has 0 fully saturated rings. The molecular weight excluding hydrogens is 186 g/mol. The molecule has 3 nitrogen and oxygen atoms in total. The predicted molar refractivity (Wildman–Crippen MR) is 60.5 cm³/mol. The van der Waals surface area contributed by atoms with Gasteiger partial charge in [0.1, 0.15) is 5.65 Å². The number of pyridine rings is 1. The van der Waals surface area contributed by atoms with Crippen molar-refractivity contribution in [1.29, 1.82) is 0 Å². The Morgan fingerprint density at radius 1 is 1.27 bits per heavy atom. The Hall–Kier alpha value is -2.03. The number of nitrogens with one attached hydrogen (secondary N) is 1. The number of aromatic amines is 1. The van der Waals surface area contributed by atoms with Gasteiger partial charge >= 0.3 is 0 Å². The highest BCUT2D eigenvalue weighted by atomic mass is 15.0. The summed E-state index contributed by atoms with van der Waals surface area (Å²) < 4.78 is 2.05. The fraction of sp³-hybridized carbons (Fsp3) is 0.0833. The zero-order chi connectivity index (χ0) is 10.3. The summed E-state index contributed by atoms with van der Waals surface area (Å²) in [6.07, 6.45) is 5.86. The van der Waals surface area contributed by atoms with Crippen LogP contribution in [0.4, 0.5) is 0 Å². The van der Waals surface area contributed by atoms with Crippen LogP contribution < -0.4 is 0 Å². The Morgan fingerprint density at radius 3 is 3.00 bits per heavy atom. The Kier molecular flexibility index (Phi) is 1.65. The van der Waals surface area contributed by atoms with Crippen LogP contribution in [0.15, 0.2) is 42.9 Å². The van der Waals surface area contributed by atoms with E-state index in [0.717, 1.165) is 11.3 Å². The zero-order valence-electron chi connectivity index (χ0n) is 8.44. The lowest BCUT2D eigenvalue weighted by atomic mass is 10.2. The molecule has 0 amide bonds. The Balaban J connectivity index is 2.37. The molecule has 0 saturated heterocycles. The van der Waals surface area contributed by atoms with Gasteiger partial charge in [-0.3, -0.25) is 0 Å². The van der Waals surface area contributed by atoms with E-state index < -0.39 is 0 Å². The summed E-state index contributed by atoms with van der Waals surface area (Å²) in [5, 5.41) is 1.18. The minimum atomic E-state index is 1.02. The van der Waals surface area contributed by atoms with Gasteiger partial charge in [0.25, 0.3) is 0 Å². The Morgan fingerprint density at radius 2 is 2.20 bits per heavy atom. The second-order valence-electron chi connectivity index (χ2n) is 3.61. The molecular formula is C12H11N3. The number of rotatable bonds is 1. The van der Waals surface area contributed by atoms with E-state index in [4.69, 9.17) is 0 Å². The molecule has 3 rings (SSSR count). The summed E-state index contributed by atoms with van der Waals surface area (Å²) in [6, 6.07) is 8.14. The van der Waals surface area contributed by atoms with E-state index in [1.165, 1.54) is 10.9 Å². The molecule has 3 aromatic rings. The molecule has 3 heterocycles. The number of hydrogen-bond donors (Lipinski definition) is 1. The normalized spacial score (nSPS) is 11.0. The van der Waals surface area contributed by atoms with Gasteiger partial charge in [-0.2, -0.15) is 0 Å². The minimum absolute atomic E-state index is 1.02. The highest BCUT2D eigenvalue weighted by Crippen LogP contribution is 2.27. The molecule has 15 heavy (non-hydrogen) atoms. The van der Waals surface area contributed by atoms with Crippen LogP contribution in [-0.2, 0) is 7.05 Å². The van der Waals surface area contributed by atoms with E-state index in [1.807, 2.05) is 36.1 Å². The average Bonchev–Trinajstić information content (AvgIpc) is 2.87. The summed E-state index contributed by atoms with van der Waals surface area (Å²) in [4.78, 5) is 7.58. The van der Waals surface area contributed by atoms with Crippen molar-refractivity contribution in [1.82, 2.24) is 14.5 Å². The van der Waals surface area contributed by atoms with Gasteiger partial charge in [0.15, 0.2) is 0 Å². The van der Waals surface area contributed by atoms with Crippen molar-refractivity contribution < 1.29 is 0 Å². The molecule has 0 aliphatic rings. The number of hydrogen-bond acceptors (Lipinski definition) is 1. The topological polar surface area (TPSA) is 33.6 Å². The number of H-pyrrole nitrogens is 1. The van der Waals surface area contributed by atoms with Crippen LogP contribution in [0.5, 0.6) is 0 Å². The maximum atomic E-state index is 4.36. The molecule has 0 saturated carbocycles. The SMILES string of the molecule is Cn1cc(-c2ccc[nH]2)c2cccnc21. The average molecular weight is 197 g/mol. The summed E-state index contributed by atoms with van der Waals surface area (Å²) in [6.45, 7) is 0. The first-order valence-electron chi connectivity index (χ1n) is 4.90. The third kappa shape index (κ3) is 1.16. The van der Waals surface area contributed by atoms with Crippen molar-refractivity contribution in [2.45, 2.75) is 0 Å². The molecule has 3 heteroatoms. The lowest BCUT2D eigenvalue weighted by Crippen LogP contribution is -1.85. The molecule has 0 spiro atoms. The molecule has 0 unspecified atom stereocenters. The Bertz CT molecular complexity index is 590. The number of nitrogens with zero attached hydrogens (tertiary/aromatic N) is 2. The van der Waals surface area contributed by atoms with Crippen molar-refractivity contribution in [3.8, 4) is 11.3 Å². The van der Waals surface area contributed by atoms with Crippen molar-refractivity contribution in [2.24, 2.45) is 7.05 Å². The van der Waals surface area contributed by atoms with Gasteiger partial charge in [-0.25, -0.2) is 4.98 Å². The number of aryl methyl sites for hydroxylation is 1. The fourth-order valence-electron chi connectivity index (χ4n) is 1.93. The monoisotopic (exact) mass is 197 g/mol. The van der Waals surface area contributed by atoms with E-state index >= 15 is 0 Å². The first kappa shape index (κ1) is 8.29. The molecule has 0 aliphatic carbocycles. The van der Waals surface area contributed by atoms with Crippen LogP contribution >= 0.6 is 0 Å². The van der Waals surface area contributed by atoms with E-state index in [9.17, 15) is 0 Å². The second kappa shape index (κ2) is 2.98. The van der Waals surface area contributed by atoms with Crippen LogP contribution in [0.2, 0.25) is 0 Å². The van der Waals surface area contributed by atoms with Crippen LogP contribution in [0.3, 0.4) is 0 Å². The third-order valence-electron chi connectivity index (χ3n) is 2.62. The highest BCUT2D eigenvalue weighted by molar-refractivity contribution is 5.92. The number of fused-ring (bicyclic) bond motifs is 1. The van der Waals surface area contributed by atoms with Crippen LogP contribution in [0.1, 0.15) is 0 Å². The molecule has 0 atom stereocenters. The molecule has 0 radical (unpaired) electrons. The molecule has 0 bridgehead atoms. The smallest absolute Gasteiger partial charge is 0.140 e. The third-order valence-corrected chi connectivity index (χ3v) is 2.62. The lowest BCUT2D eigenvalue weighted by molar-refractivity contribution is 0.949. The van der Waals surface area contributed by atoms with Gasteiger partial charge < -0.3 is 9.55 Å². The first-order valence-corrected chi connectivity index (χ1v) is 4.90. The lowest BCUT2D eigenvalue weighted by Gasteiger charge is -1.93. The summed E-state index contributed by atoms with van der Waals surface area (Å²) in [5.41, 5.74) is 3.35. The van der Waals surface area contributed by atoms with E-state index in [0.29, 0.717) is 0 Å². The van der Waals surface area contributed by atoms with Crippen LogP contribution in [0, 0.1) is 0 Å². The molecule has 0 aromatic carbocycles. The van der Waals surface area contributed by atoms with E-state index in [-0.39, 0.29) is 0 Å². The summed E-state index contributed by atoms with van der Waals surface area (Å²) >= 11 is 0. The van der Waals surface area contributed by atoms with Gasteiger partial charge in [-0.05, 0) is 24.3 Å². The first-order chi connectivity index (χ1) is 7.36. The minimum Gasteiger partial charge on any atom is -0.361 e. The van der Waals surface area contributed by atoms with Crippen molar-refractivity contribution in [3.05, 3.63) is 42.9 Å². The van der Waals surface area contributed by atoms with Crippen molar-refractivity contribution in [2.75, 3.05) is 0 Å². The van der Waals surface area contributed by atoms with Gasteiger partial charge in [0.05, 0.1) is 0 Å². The van der Waals surface area contributed by atoms with Crippen LogP contribution in [0.25, 0.3) is 22.3 Å². The largest absolute Gasteiger partial charge is 0.361 e. The van der Waals surface area contributed by atoms with Crippen molar-refractivity contribution >= 4 is 11.0 Å². The standard InChI is InChI=1S/C12H11N3/c1-15-8-10(11-5-3-6-13-11)9-4-2-7-14-12(9)15/h2-8,13H,1H3. The maximum absolute atomic E-state index is 4.36. The molecule has 74 valence electrons. The van der Waals surface area contributed by atoms with Crippen LogP contribution in [-0.4, -0.2) is 14.5 Å². The van der Waals surface area contributed by atoms with Gasteiger partial charge in [0, 0.05) is 42.3 Å². The van der Waals surface area contributed by atoms with Gasteiger partial charge in [0.2, 0.25) is 0 Å². The Labute approximate surface area is 87.4 Å². The number of aromatic nitrogens is 3. The highest BCUT2D eigenvalue weighted by Gasteiger charge is 2.08. The summed E-state index contributed by atoms with van der Waals surface area (Å²) in [5.74, 6) is 0. The van der Waals surface area contributed by atoms with Gasteiger partial charge in [-0.15, -0.1) is 0 Å². The van der Waals surface area contributed by atoms with E-state index in [2.05, 4.69) is 28.3 Å². The zero-order valence-corrected chi connectivity index (χ0v) is 8.44. The second-order valence-corrected chi connectivity index (χ2v) is 3.61. The maximum Gasteiger partial charge on any atom is 0.140 e. The van der Waals surface area contributed by atoms with Gasteiger partial charge in [-0.1, -0.05) is 0 Å².